The van der Waals surface area contributed by atoms with E-state index >= 15 is 0 Å². The van der Waals surface area contributed by atoms with Gasteiger partial charge in [0.1, 0.15) is 11.6 Å². The van der Waals surface area contributed by atoms with E-state index in [1.807, 2.05) is 23.9 Å². The molecule has 3 amide bonds. The number of imide groups is 1. The maximum atomic E-state index is 14.9. The van der Waals surface area contributed by atoms with Crippen LogP contribution in [0.3, 0.4) is 0 Å². The Balaban J connectivity index is 1.54. The lowest BCUT2D eigenvalue weighted by molar-refractivity contribution is -0.143. The van der Waals surface area contributed by atoms with Gasteiger partial charge in [0.2, 0.25) is 17.7 Å². The molecule has 0 bridgehead atoms. The fourth-order valence-corrected chi connectivity index (χ4v) is 4.90. The van der Waals surface area contributed by atoms with Gasteiger partial charge in [0.05, 0.1) is 11.1 Å². The predicted octanol–water partition coefficient (Wildman–Crippen LogP) is 2.26. The van der Waals surface area contributed by atoms with Crippen molar-refractivity contribution in [3.63, 3.8) is 0 Å². The molecule has 0 unspecified atom stereocenters. The molecule has 4 rings (SSSR count). The number of rotatable bonds is 7. The van der Waals surface area contributed by atoms with Gasteiger partial charge in [-0.3, -0.25) is 19.3 Å². The van der Waals surface area contributed by atoms with Crippen molar-refractivity contribution in [3.05, 3.63) is 65.7 Å². The zero-order chi connectivity index (χ0) is 25.2. The summed E-state index contributed by atoms with van der Waals surface area (Å²) in [6.45, 7) is 2.19. The minimum Gasteiger partial charge on any atom is -0.366 e. The molecule has 2 fully saturated rings. The van der Waals surface area contributed by atoms with Crippen LogP contribution in [0.15, 0.2) is 48.5 Å². The Morgan fingerprint density at radius 2 is 1.57 bits per heavy atom. The van der Waals surface area contributed by atoms with Crippen molar-refractivity contribution in [1.82, 2.24) is 14.7 Å². The maximum Gasteiger partial charge on any atom is 0.241 e. The number of likely N-dealkylation sites (N-methyl/N-ethyl adjacent to an activating group) is 1. The van der Waals surface area contributed by atoms with Crippen molar-refractivity contribution in [3.8, 4) is 0 Å². The first-order chi connectivity index (χ1) is 16.7. The molecule has 2 aliphatic heterocycles. The zero-order valence-corrected chi connectivity index (χ0v) is 20.0. The number of amides is 3. The van der Waals surface area contributed by atoms with E-state index in [1.54, 1.807) is 29.2 Å². The van der Waals surface area contributed by atoms with Crippen molar-refractivity contribution in [2.24, 2.45) is 0 Å². The summed E-state index contributed by atoms with van der Waals surface area (Å²) in [7, 11) is 3.67. The van der Waals surface area contributed by atoms with E-state index in [-0.39, 0.29) is 36.7 Å². The van der Waals surface area contributed by atoms with Crippen LogP contribution in [0.4, 0.5) is 14.5 Å². The van der Waals surface area contributed by atoms with Crippen LogP contribution >= 0.6 is 0 Å². The van der Waals surface area contributed by atoms with Crippen molar-refractivity contribution >= 4 is 23.4 Å². The van der Waals surface area contributed by atoms with Crippen molar-refractivity contribution in [2.75, 3.05) is 58.3 Å². The van der Waals surface area contributed by atoms with E-state index in [0.29, 0.717) is 38.4 Å². The molecule has 9 heteroatoms. The van der Waals surface area contributed by atoms with Crippen molar-refractivity contribution < 1.29 is 23.2 Å². The van der Waals surface area contributed by atoms with Crippen LogP contribution in [0.2, 0.25) is 0 Å². The Labute approximate surface area is 203 Å². The molecular weight excluding hydrogens is 454 g/mol. The molecule has 2 aliphatic rings. The van der Waals surface area contributed by atoms with Gasteiger partial charge in [0, 0.05) is 57.7 Å². The first-order valence-corrected chi connectivity index (χ1v) is 11.7. The van der Waals surface area contributed by atoms with Gasteiger partial charge >= 0.3 is 0 Å². The number of para-hydroxylation sites is 1. The van der Waals surface area contributed by atoms with Gasteiger partial charge < -0.3 is 14.7 Å². The smallest absolute Gasteiger partial charge is 0.241 e. The molecule has 2 heterocycles. The first kappa shape index (κ1) is 24.8. The lowest BCUT2D eigenvalue weighted by Crippen LogP contribution is -2.51. The number of likely N-dealkylation sites (tertiary alicyclic amines) is 1. The summed E-state index contributed by atoms with van der Waals surface area (Å²) in [5.41, 5.74) is -1.02. The Morgan fingerprint density at radius 1 is 0.943 bits per heavy atom. The summed E-state index contributed by atoms with van der Waals surface area (Å²) in [6.07, 6.45) is -0.544. The van der Waals surface area contributed by atoms with Crippen LogP contribution in [0.1, 0.15) is 18.4 Å². The average Bonchev–Trinajstić information content (AvgIpc) is 3.07. The molecule has 7 nitrogen and oxygen atoms in total. The number of halogens is 2. The summed E-state index contributed by atoms with van der Waals surface area (Å²) < 4.78 is 29.1. The van der Waals surface area contributed by atoms with Gasteiger partial charge in [-0.15, -0.1) is 0 Å². The molecule has 2 saturated heterocycles. The molecule has 2 aromatic carbocycles. The number of hydrogen-bond donors (Lipinski definition) is 0. The molecule has 0 aromatic heterocycles. The van der Waals surface area contributed by atoms with Crippen LogP contribution in [0.25, 0.3) is 0 Å². The molecule has 0 spiro atoms. The topological polar surface area (TPSA) is 64.2 Å². The molecule has 0 aliphatic carbocycles. The minimum absolute atomic E-state index is 0.0732. The zero-order valence-electron chi connectivity index (χ0n) is 20.0. The molecular formula is C26H30F2N4O3. The van der Waals surface area contributed by atoms with E-state index in [4.69, 9.17) is 0 Å². The number of hydrogen-bond acceptors (Lipinski definition) is 5. The van der Waals surface area contributed by atoms with Gasteiger partial charge in [-0.25, -0.2) is 8.78 Å². The first-order valence-electron chi connectivity index (χ1n) is 11.7. The third-order valence-corrected chi connectivity index (χ3v) is 6.85. The molecule has 186 valence electrons. The second-order valence-electron chi connectivity index (χ2n) is 9.39. The van der Waals surface area contributed by atoms with Crippen molar-refractivity contribution in [2.45, 2.75) is 18.3 Å². The van der Waals surface area contributed by atoms with E-state index in [9.17, 15) is 23.2 Å². The van der Waals surface area contributed by atoms with Crippen LogP contribution < -0.4 is 4.90 Å². The van der Waals surface area contributed by atoms with E-state index in [1.165, 1.54) is 24.3 Å². The monoisotopic (exact) mass is 484 g/mol. The van der Waals surface area contributed by atoms with E-state index in [2.05, 4.69) is 0 Å². The fourth-order valence-electron chi connectivity index (χ4n) is 4.90. The summed E-state index contributed by atoms with van der Waals surface area (Å²) in [5, 5.41) is 0. The standard InChI is InChI=1S/C26H30F2N4O3/c1-29(2)11-16-32-24(34)18-26(25(32)35,19-7-3-4-8-20(19)27)17-23(33)31-14-12-30(13-15-31)22-10-6-5-9-21(22)28/h3-10H,11-18H2,1-2H3/t26-/m0/s1. The molecule has 35 heavy (non-hydrogen) atoms. The van der Waals surface area contributed by atoms with Gasteiger partial charge in [-0.1, -0.05) is 30.3 Å². The molecule has 0 saturated carbocycles. The third kappa shape index (κ3) is 4.91. The van der Waals surface area contributed by atoms with Gasteiger partial charge in [-0.05, 0) is 32.3 Å². The summed E-state index contributed by atoms with van der Waals surface area (Å²) >= 11 is 0. The quantitative estimate of drug-likeness (QED) is 0.565. The highest BCUT2D eigenvalue weighted by molar-refractivity contribution is 6.10. The van der Waals surface area contributed by atoms with Crippen LogP contribution in [-0.2, 0) is 19.8 Å². The van der Waals surface area contributed by atoms with Gasteiger partial charge in [0.25, 0.3) is 0 Å². The molecule has 0 radical (unpaired) electrons. The molecule has 0 N–H and O–H groups in total. The fraction of sp³-hybridized carbons (Fsp3) is 0.423. The Bertz CT molecular complexity index is 1120. The summed E-state index contributed by atoms with van der Waals surface area (Å²) in [5.74, 6) is -2.19. The number of carbonyl (C=O) groups is 3. The maximum absolute atomic E-state index is 14.9. The van der Waals surface area contributed by atoms with E-state index in [0.717, 1.165) is 4.90 Å². The van der Waals surface area contributed by atoms with Crippen LogP contribution in [-0.4, -0.2) is 85.8 Å². The SMILES string of the molecule is CN(C)CCN1C(=O)C[C@@](CC(=O)N2CCN(c3ccccc3F)CC2)(c2ccccc2F)C1=O. The normalized spacial score (nSPS) is 20.8. The molecule has 1 atom stereocenters. The highest BCUT2D eigenvalue weighted by Gasteiger charge is 2.55. The second kappa shape index (κ2) is 10.1. The average molecular weight is 485 g/mol. The predicted molar refractivity (Wildman–Crippen MR) is 128 cm³/mol. The Kier molecular flexibility index (Phi) is 7.16. The largest absolute Gasteiger partial charge is 0.366 e. The summed E-state index contributed by atoms with van der Waals surface area (Å²) in [6, 6.07) is 12.3. The van der Waals surface area contributed by atoms with Gasteiger partial charge in [0.15, 0.2) is 0 Å². The lowest BCUT2D eigenvalue weighted by atomic mass is 9.75. The van der Waals surface area contributed by atoms with E-state index < -0.39 is 23.0 Å². The number of carbonyl (C=O) groups excluding carboxylic acids is 3. The Hall–Kier alpha value is -3.33. The highest BCUT2D eigenvalue weighted by Crippen LogP contribution is 2.41. The highest BCUT2D eigenvalue weighted by atomic mass is 19.1. The van der Waals surface area contributed by atoms with Crippen LogP contribution in [0, 0.1) is 11.6 Å². The second-order valence-corrected chi connectivity index (χ2v) is 9.39. The Morgan fingerprint density at radius 3 is 2.20 bits per heavy atom. The number of nitrogens with zero attached hydrogens (tertiary/aromatic N) is 4. The molecule has 2 aromatic rings. The number of piperazine rings is 1. The number of anilines is 1. The number of benzene rings is 2. The van der Waals surface area contributed by atoms with Crippen LogP contribution in [0.5, 0.6) is 0 Å². The van der Waals surface area contributed by atoms with Gasteiger partial charge in [-0.2, -0.15) is 0 Å². The minimum atomic E-state index is -1.57. The third-order valence-electron chi connectivity index (χ3n) is 6.85. The van der Waals surface area contributed by atoms with Crippen molar-refractivity contribution in [1.29, 1.82) is 0 Å². The lowest BCUT2D eigenvalue weighted by Gasteiger charge is -2.38. The summed E-state index contributed by atoms with van der Waals surface area (Å²) in [4.78, 5) is 46.4.